The number of benzene rings is 1. The van der Waals surface area contributed by atoms with Gasteiger partial charge < -0.3 is 24.4 Å². The molecule has 2 saturated heterocycles. The van der Waals surface area contributed by atoms with Crippen molar-refractivity contribution in [3.05, 3.63) is 23.8 Å². The van der Waals surface area contributed by atoms with Crippen LogP contribution in [-0.4, -0.2) is 65.9 Å². The normalized spacial score (nSPS) is 26.3. The number of rotatable bonds is 4. The summed E-state index contributed by atoms with van der Waals surface area (Å²) in [6.45, 7) is 4.12. The molecule has 1 N–H and O–H groups in total. The van der Waals surface area contributed by atoms with Crippen LogP contribution in [0.1, 0.15) is 24.8 Å². The van der Waals surface area contributed by atoms with E-state index in [9.17, 15) is 9.90 Å². The molecule has 1 aromatic carbocycles. The second-order valence-electron chi connectivity index (χ2n) is 7.14. The molecule has 0 radical (unpaired) electrons. The Morgan fingerprint density at radius 1 is 1.17 bits per heavy atom. The van der Waals surface area contributed by atoms with Gasteiger partial charge in [0.2, 0.25) is 12.7 Å². The number of carbonyl (C=O) groups is 1. The highest BCUT2D eigenvalue weighted by Crippen LogP contribution is 2.33. The number of carbonyl (C=O) groups excluding carboxylic acids is 1. The summed E-state index contributed by atoms with van der Waals surface area (Å²) in [6, 6.07) is 5.61. The average Bonchev–Trinajstić information content (AvgIpc) is 3.28. The Morgan fingerprint density at radius 3 is 2.79 bits per heavy atom. The van der Waals surface area contributed by atoms with Crippen LogP contribution >= 0.6 is 0 Å². The molecule has 24 heavy (non-hydrogen) atoms. The van der Waals surface area contributed by atoms with E-state index in [1.165, 1.54) is 12.8 Å². The van der Waals surface area contributed by atoms with Crippen molar-refractivity contribution in [2.45, 2.75) is 31.3 Å². The number of amides is 1. The fraction of sp³-hybridized carbons (Fsp3) is 0.611. The quantitative estimate of drug-likeness (QED) is 0.892. The summed E-state index contributed by atoms with van der Waals surface area (Å²) in [5, 5.41) is 10.8. The lowest BCUT2D eigenvalue weighted by Gasteiger charge is -2.28. The Kier molecular flexibility index (Phi) is 4.10. The van der Waals surface area contributed by atoms with E-state index < -0.39 is 5.60 Å². The van der Waals surface area contributed by atoms with Crippen molar-refractivity contribution in [3.63, 3.8) is 0 Å². The Morgan fingerprint density at radius 2 is 1.96 bits per heavy atom. The van der Waals surface area contributed by atoms with Crippen molar-refractivity contribution < 1.29 is 19.4 Å². The topological polar surface area (TPSA) is 62.2 Å². The fourth-order valence-electron chi connectivity index (χ4n) is 3.89. The molecule has 0 unspecified atom stereocenters. The van der Waals surface area contributed by atoms with Gasteiger partial charge in [-0.05, 0) is 50.0 Å². The Labute approximate surface area is 141 Å². The van der Waals surface area contributed by atoms with E-state index >= 15 is 0 Å². The molecule has 0 bridgehead atoms. The standard InChI is InChI=1S/C18H24N2O4/c21-17(10-14-3-4-15-16(9-14)24-13-23-15)20-8-5-18(22,12-20)11-19-6-1-2-7-19/h3-4,9,22H,1-2,5-8,10-13H2/t18-/m0/s1. The van der Waals surface area contributed by atoms with Crippen molar-refractivity contribution >= 4 is 5.91 Å². The maximum Gasteiger partial charge on any atom is 0.231 e. The van der Waals surface area contributed by atoms with E-state index in [4.69, 9.17) is 9.47 Å². The smallest absolute Gasteiger partial charge is 0.231 e. The number of nitrogens with zero attached hydrogens (tertiary/aromatic N) is 2. The third-order valence-corrected chi connectivity index (χ3v) is 5.19. The van der Waals surface area contributed by atoms with Crippen molar-refractivity contribution in [1.82, 2.24) is 9.80 Å². The Balaban J connectivity index is 1.35. The van der Waals surface area contributed by atoms with Crippen LogP contribution in [0, 0.1) is 0 Å². The molecule has 3 aliphatic heterocycles. The number of β-amino-alcohol motifs (C(OH)–C–C–N with tert-alkyl or cyclic N) is 1. The van der Waals surface area contributed by atoms with E-state index in [-0.39, 0.29) is 12.7 Å². The van der Waals surface area contributed by atoms with Crippen LogP contribution in [0.2, 0.25) is 0 Å². The maximum atomic E-state index is 12.6. The van der Waals surface area contributed by atoms with E-state index in [1.807, 2.05) is 18.2 Å². The van der Waals surface area contributed by atoms with Gasteiger partial charge in [-0.1, -0.05) is 6.07 Å². The minimum atomic E-state index is -0.755. The first kappa shape index (κ1) is 15.7. The highest BCUT2D eigenvalue weighted by atomic mass is 16.7. The molecule has 0 aromatic heterocycles. The molecule has 2 fully saturated rings. The number of hydrogen-bond acceptors (Lipinski definition) is 5. The van der Waals surface area contributed by atoms with E-state index in [0.717, 1.165) is 24.4 Å². The molecule has 0 saturated carbocycles. The minimum Gasteiger partial charge on any atom is -0.454 e. The summed E-state index contributed by atoms with van der Waals surface area (Å²) in [5.41, 5.74) is 0.161. The van der Waals surface area contributed by atoms with Crippen molar-refractivity contribution in [2.75, 3.05) is 39.5 Å². The predicted molar refractivity (Wildman–Crippen MR) is 88.1 cm³/mol. The third-order valence-electron chi connectivity index (χ3n) is 5.19. The second-order valence-corrected chi connectivity index (χ2v) is 7.14. The zero-order valence-corrected chi connectivity index (χ0v) is 13.9. The molecule has 1 amide bonds. The molecular formula is C18H24N2O4. The van der Waals surface area contributed by atoms with E-state index in [0.29, 0.717) is 38.2 Å². The first-order valence-electron chi connectivity index (χ1n) is 8.72. The van der Waals surface area contributed by atoms with E-state index in [1.54, 1.807) is 4.90 Å². The molecule has 6 nitrogen and oxygen atoms in total. The lowest BCUT2D eigenvalue weighted by Crippen LogP contribution is -2.45. The molecule has 4 rings (SSSR count). The minimum absolute atomic E-state index is 0.0613. The van der Waals surface area contributed by atoms with Crippen LogP contribution < -0.4 is 9.47 Å². The zero-order valence-electron chi connectivity index (χ0n) is 13.9. The number of ether oxygens (including phenoxy) is 2. The summed E-state index contributed by atoms with van der Waals surface area (Å²) in [4.78, 5) is 16.7. The summed E-state index contributed by atoms with van der Waals surface area (Å²) in [5.74, 6) is 1.49. The van der Waals surface area contributed by atoms with Crippen LogP contribution in [0.15, 0.2) is 18.2 Å². The summed E-state index contributed by atoms with van der Waals surface area (Å²) in [6.07, 6.45) is 3.42. The molecule has 1 atom stereocenters. The lowest BCUT2D eigenvalue weighted by atomic mass is 10.0. The van der Waals surface area contributed by atoms with Crippen LogP contribution in [0.5, 0.6) is 11.5 Å². The van der Waals surface area contributed by atoms with Gasteiger partial charge in [0.05, 0.1) is 18.6 Å². The Bertz CT molecular complexity index is 629. The van der Waals surface area contributed by atoms with Gasteiger partial charge in [-0.15, -0.1) is 0 Å². The molecule has 1 aromatic rings. The zero-order chi connectivity index (χ0) is 16.6. The SMILES string of the molecule is O=C(Cc1ccc2c(c1)OCO2)N1CC[C@](O)(CN2CCCC2)C1. The van der Waals surface area contributed by atoms with Crippen LogP contribution in [0.25, 0.3) is 0 Å². The highest BCUT2D eigenvalue weighted by Gasteiger charge is 2.39. The van der Waals surface area contributed by atoms with Crippen molar-refractivity contribution in [3.8, 4) is 11.5 Å². The number of hydrogen-bond donors (Lipinski definition) is 1. The van der Waals surface area contributed by atoms with Gasteiger partial charge in [0, 0.05) is 13.1 Å². The molecule has 0 spiro atoms. The fourth-order valence-corrected chi connectivity index (χ4v) is 3.89. The predicted octanol–water partition coefficient (Wildman–Crippen LogP) is 1.02. The molecule has 0 aliphatic carbocycles. The average molecular weight is 332 g/mol. The Hall–Kier alpha value is -1.79. The summed E-state index contributed by atoms with van der Waals surface area (Å²) >= 11 is 0. The van der Waals surface area contributed by atoms with Gasteiger partial charge in [0.25, 0.3) is 0 Å². The molecule has 3 aliphatic rings. The highest BCUT2D eigenvalue weighted by molar-refractivity contribution is 5.79. The first-order chi connectivity index (χ1) is 11.6. The molecule has 130 valence electrons. The first-order valence-corrected chi connectivity index (χ1v) is 8.72. The maximum absolute atomic E-state index is 12.6. The van der Waals surface area contributed by atoms with Gasteiger partial charge in [0.1, 0.15) is 0 Å². The van der Waals surface area contributed by atoms with Gasteiger partial charge >= 0.3 is 0 Å². The second kappa shape index (κ2) is 6.26. The van der Waals surface area contributed by atoms with Gasteiger partial charge in [0.15, 0.2) is 11.5 Å². The molecular weight excluding hydrogens is 308 g/mol. The molecule has 3 heterocycles. The number of likely N-dealkylation sites (tertiary alicyclic amines) is 2. The summed E-state index contributed by atoms with van der Waals surface area (Å²) in [7, 11) is 0. The third kappa shape index (κ3) is 3.21. The van der Waals surface area contributed by atoms with Gasteiger partial charge in [-0.3, -0.25) is 4.79 Å². The lowest BCUT2D eigenvalue weighted by molar-refractivity contribution is -0.130. The van der Waals surface area contributed by atoms with E-state index in [2.05, 4.69) is 4.90 Å². The van der Waals surface area contributed by atoms with Gasteiger partial charge in [-0.2, -0.15) is 0 Å². The largest absolute Gasteiger partial charge is 0.454 e. The van der Waals surface area contributed by atoms with Crippen molar-refractivity contribution in [1.29, 1.82) is 0 Å². The summed E-state index contributed by atoms with van der Waals surface area (Å²) < 4.78 is 10.7. The van der Waals surface area contributed by atoms with Crippen molar-refractivity contribution in [2.24, 2.45) is 0 Å². The number of aliphatic hydroxyl groups is 1. The van der Waals surface area contributed by atoms with Crippen LogP contribution in [0.3, 0.4) is 0 Å². The number of fused-ring (bicyclic) bond motifs is 1. The van der Waals surface area contributed by atoms with Crippen LogP contribution in [0.4, 0.5) is 0 Å². The van der Waals surface area contributed by atoms with Crippen LogP contribution in [-0.2, 0) is 11.2 Å². The molecule has 6 heteroatoms. The monoisotopic (exact) mass is 332 g/mol. The van der Waals surface area contributed by atoms with Gasteiger partial charge in [-0.25, -0.2) is 0 Å².